The molecule has 1 aromatic rings. The maximum Gasteiger partial charge on any atom is 0.0639 e. The summed E-state index contributed by atoms with van der Waals surface area (Å²) in [5, 5.41) is 10.2. The molecule has 1 aliphatic rings. The van der Waals surface area contributed by atoms with Crippen LogP contribution >= 0.6 is 11.6 Å². The number of aliphatic hydroxyl groups excluding tert-OH is 1. The molecule has 2 rings (SSSR count). The predicted octanol–water partition coefficient (Wildman–Crippen LogP) is 1.84. The molecule has 1 saturated heterocycles. The molecule has 1 heterocycles. The second-order valence-corrected chi connectivity index (χ2v) is 5.42. The van der Waals surface area contributed by atoms with Gasteiger partial charge in [0.2, 0.25) is 0 Å². The van der Waals surface area contributed by atoms with Gasteiger partial charge in [0.25, 0.3) is 0 Å². The Bertz CT molecular complexity index is 376. The van der Waals surface area contributed by atoms with Gasteiger partial charge in [-0.25, -0.2) is 0 Å². The van der Waals surface area contributed by atoms with Crippen molar-refractivity contribution in [2.24, 2.45) is 0 Å². The molecule has 0 aliphatic carbocycles. The van der Waals surface area contributed by atoms with Crippen LogP contribution in [0.4, 0.5) is 0 Å². The van der Waals surface area contributed by atoms with E-state index in [0.717, 1.165) is 44.3 Å². The van der Waals surface area contributed by atoms with E-state index in [1.165, 1.54) is 5.56 Å². The third kappa shape index (κ3) is 3.95. The monoisotopic (exact) mass is 268 g/mol. The Hall–Kier alpha value is -0.610. The molecular weight excluding hydrogens is 248 g/mol. The quantitative estimate of drug-likeness (QED) is 0.903. The molecule has 0 radical (unpaired) electrons. The van der Waals surface area contributed by atoms with Crippen molar-refractivity contribution in [2.45, 2.75) is 19.6 Å². The number of nitrogens with zero attached hydrogens (tertiary/aromatic N) is 2. The molecule has 0 amide bonds. The summed E-state index contributed by atoms with van der Waals surface area (Å²) in [7, 11) is 0. The molecule has 4 heteroatoms. The van der Waals surface area contributed by atoms with Gasteiger partial charge >= 0.3 is 0 Å². The zero-order valence-electron chi connectivity index (χ0n) is 10.8. The lowest BCUT2D eigenvalue weighted by molar-refractivity contribution is 0.0781. The summed E-state index contributed by atoms with van der Waals surface area (Å²) in [5.74, 6) is 0. The third-order valence-corrected chi connectivity index (χ3v) is 3.71. The summed E-state index contributed by atoms with van der Waals surface area (Å²) in [6.45, 7) is 7.67. The Balaban J connectivity index is 1.82. The van der Waals surface area contributed by atoms with Gasteiger partial charge in [-0.05, 0) is 18.6 Å². The van der Waals surface area contributed by atoms with Crippen LogP contribution in [-0.2, 0) is 6.54 Å². The summed E-state index contributed by atoms with van der Waals surface area (Å²) < 4.78 is 0. The van der Waals surface area contributed by atoms with Gasteiger partial charge in [0.05, 0.1) is 6.10 Å². The number of piperazine rings is 1. The number of rotatable bonds is 4. The van der Waals surface area contributed by atoms with Crippen LogP contribution < -0.4 is 0 Å². The first-order valence-corrected chi connectivity index (χ1v) is 6.89. The predicted molar refractivity (Wildman–Crippen MR) is 74.8 cm³/mol. The van der Waals surface area contributed by atoms with Crippen LogP contribution in [0.1, 0.15) is 12.5 Å². The van der Waals surface area contributed by atoms with Gasteiger partial charge in [0.1, 0.15) is 0 Å². The highest BCUT2D eigenvalue weighted by molar-refractivity contribution is 6.31. The second-order valence-electron chi connectivity index (χ2n) is 5.02. The highest BCUT2D eigenvalue weighted by atomic mass is 35.5. The van der Waals surface area contributed by atoms with E-state index in [1.54, 1.807) is 0 Å². The Kier molecular flexibility index (Phi) is 5.01. The van der Waals surface area contributed by atoms with Crippen LogP contribution in [0.5, 0.6) is 0 Å². The molecule has 1 N–H and O–H groups in total. The number of aliphatic hydroxyl groups is 1. The molecule has 1 fully saturated rings. The van der Waals surface area contributed by atoms with Gasteiger partial charge in [0.15, 0.2) is 0 Å². The zero-order valence-corrected chi connectivity index (χ0v) is 11.6. The summed E-state index contributed by atoms with van der Waals surface area (Å²) in [5.41, 5.74) is 1.20. The fourth-order valence-corrected chi connectivity index (χ4v) is 2.57. The summed E-state index contributed by atoms with van der Waals surface area (Å²) in [4.78, 5) is 4.73. The number of β-amino-alcohol motifs (C(OH)–C–C–N with tert-alkyl or cyclic N) is 1. The van der Waals surface area contributed by atoms with Gasteiger partial charge in [-0.15, -0.1) is 0 Å². The Morgan fingerprint density at radius 3 is 2.39 bits per heavy atom. The minimum absolute atomic E-state index is 0.236. The minimum Gasteiger partial charge on any atom is -0.392 e. The Morgan fingerprint density at radius 1 is 1.17 bits per heavy atom. The Labute approximate surface area is 114 Å². The summed E-state index contributed by atoms with van der Waals surface area (Å²) in [6, 6.07) is 8.03. The van der Waals surface area contributed by atoms with E-state index in [4.69, 9.17) is 11.6 Å². The van der Waals surface area contributed by atoms with Crippen LogP contribution in [0, 0.1) is 0 Å². The largest absolute Gasteiger partial charge is 0.392 e. The van der Waals surface area contributed by atoms with Crippen LogP contribution in [-0.4, -0.2) is 53.7 Å². The van der Waals surface area contributed by atoms with Crippen LogP contribution in [0.3, 0.4) is 0 Å². The smallest absolute Gasteiger partial charge is 0.0639 e. The SMILES string of the molecule is CC(O)CN1CCN(Cc2ccccc2Cl)CC1. The van der Waals surface area contributed by atoms with E-state index >= 15 is 0 Å². The third-order valence-electron chi connectivity index (χ3n) is 3.34. The van der Waals surface area contributed by atoms with Crippen molar-refractivity contribution in [1.29, 1.82) is 0 Å². The van der Waals surface area contributed by atoms with Crippen molar-refractivity contribution in [3.8, 4) is 0 Å². The topological polar surface area (TPSA) is 26.7 Å². The van der Waals surface area contributed by atoms with Gasteiger partial charge in [0, 0.05) is 44.3 Å². The van der Waals surface area contributed by atoms with Gasteiger partial charge in [-0.2, -0.15) is 0 Å². The van der Waals surface area contributed by atoms with Crippen molar-refractivity contribution in [1.82, 2.24) is 9.80 Å². The highest BCUT2D eigenvalue weighted by Crippen LogP contribution is 2.17. The van der Waals surface area contributed by atoms with Gasteiger partial charge in [-0.1, -0.05) is 29.8 Å². The first kappa shape index (κ1) is 13.8. The van der Waals surface area contributed by atoms with Gasteiger partial charge < -0.3 is 5.11 Å². The lowest BCUT2D eigenvalue weighted by atomic mass is 10.2. The second kappa shape index (κ2) is 6.53. The lowest BCUT2D eigenvalue weighted by Gasteiger charge is -2.35. The molecule has 18 heavy (non-hydrogen) atoms. The van der Waals surface area contributed by atoms with E-state index in [1.807, 2.05) is 25.1 Å². The molecule has 0 saturated carbocycles. The van der Waals surface area contributed by atoms with Crippen LogP contribution in [0.25, 0.3) is 0 Å². The molecule has 1 atom stereocenters. The molecule has 0 aromatic heterocycles. The van der Waals surface area contributed by atoms with Crippen molar-refractivity contribution in [3.63, 3.8) is 0 Å². The minimum atomic E-state index is -0.236. The van der Waals surface area contributed by atoms with Crippen LogP contribution in [0.2, 0.25) is 5.02 Å². The Morgan fingerprint density at radius 2 is 1.78 bits per heavy atom. The number of hydrogen-bond acceptors (Lipinski definition) is 3. The molecular formula is C14H21ClN2O. The highest BCUT2D eigenvalue weighted by Gasteiger charge is 2.18. The van der Waals surface area contributed by atoms with E-state index in [-0.39, 0.29) is 6.10 Å². The lowest BCUT2D eigenvalue weighted by Crippen LogP contribution is -2.47. The number of benzene rings is 1. The fourth-order valence-electron chi connectivity index (χ4n) is 2.37. The average molecular weight is 269 g/mol. The summed E-state index contributed by atoms with van der Waals surface area (Å²) >= 11 is 6.17. The fraction of sp³-hybridized carbons (Fsp3) is 0.571. The standard InChI is InChI=1S/C14H21ClN2O/c1-12(18)10-16-6-8-17(9-7-16)11-13-4-2-3-5-14(13)15/h2-5,12,18H,6-11H2,1H3. The van der Waals surface area contributed by atoms with Crippen molar-refractivity contribution in [2.75, 3.05) is 32.7 Å². The molecule has 100 valence electrons. The molecule has 0 bridgehead atoms. The first-order valence-electron chi connectivity index (χ1n) is 6.51. The molecule has 1 aromatic carbocycles. The number of halogens is 1. The maximum absolute atomic E-state index is 9.37. The van der Waals surface area contributed by atoms with E-state index in [9.17, 15) is 5.11 Å². The van der Waals surface area contributed by atoms with Crippen molar-refractivity contribution >= 4 is 11.6 Å². The molecule has 0 spiro atoms. The number of hydrogen-bond donors (Lipinski definition) is 1. The van der Waals surface area contributed by atoms with Crippen LogP contribution in [0.15, 0.2) is 24.3 Å². The van der Waals surface area contributed by atoms with E-state index in [0.29, 0.717) is 0 Å². The average Bonchev–Trinajstić information content (AvgIpc) is 2.34. The van der Waals surface area contributed by atoms with Crippen molar-refractivity contribution in [3.05, 3.63) is 34.9 Å². The molecule has 1 aliphatic heterocycles. The van der Waals surface area contributed by atoms with E-state index < -0.39 is 0 Å². The van der Waals surface area contributed by atoms with Gasteiger partial charge in [-0.3, -0.25) is 9.80 Å². The normalized spacial score (nSPS) is 19.9. The maximum atomic E-state index is 9.37. The first-order chi connectivity index (χ1) is 8.65. The zero-order chi connectivity index (χ0) is 13.0. The van der Waals surface area contributed by atoms with E-state index in [2.05, 4.69) is 15.9 Å². The summed E-state index contributed by atoms with van der Waals surface area (Å²) in [6.07, 6.45) is -0.236. The molecule has 1 unspecified atom stereocenters. The molecule has 3 nitrogen and oxygen atoms in total. The van der Waals surface area contributed by atoms with Crippen molar-refractivity contribution < 1.29 is 5.11 Å².